The Morgan fingerprint density at radius 2 is 1.88 bits per heavy atom. The van der Waals surface area contributed by atoms with Crippen molar-refractivity contribution in [1.82, 2.24) is 4.90 Å². The smallest absolute Gasteiger partial charge is 0.326 e. The van der Waals surface area contributed by atoms with Crippen LogP contribution in [0, 0.1) is 0 Å². The summed E-state index contributed by atoms with van der Waals surface area (Å²) < 4.78 is 36.6. The summed E-state index contributed by atoms with van der Waals surface area (Å²) in [6.45, 7) is -0.411. The lowest BCUT2D eigenvalue weighted by Crippen LogP contribution is -2.43. The quantitative estimate of drug-likeness (QED) is 0.415. The van der Waals surface area contributed by atoms with E-state index in [1.54, 1.807) is 0 Å². The summed E-state index contributed by atoms with van der Waals surface area (Å²) in [5.74, 6) is -2.11. The molecule has 0 unspecified atom stereocenters. The molecule has 1 saturated heterocycles. The SMILES string of the molecule is [N-]=[N+]=N[C@H]1C[C@@H](N=[N+]=[N-])N(C(=O)C(F)(F)F)C1. The second-order valence-corrected chi connectivity index (χ2v) is 3.24. The number of hydrogen-bond donors (Lipinski definition) is 0. The van der Waals surface area contributed by atoms with Gasteiger partial charge in [0, 0.05) is 16.4 Å². The zero-order valence-corrected chi connectivity index (χ0v) is 8.24. The Morgan fingerprint density at radius 3 is 2.35 bits per heavy atom. The van der Waals surface area contributed by atoms with Crippen LogP contribution in [-0.4, -0.2) is 35.7 Å². The topological polar surface area (TPSA) is 118 Å². The molecule has 0 aliphatic carbocycles. The van der Waals surface area contributed by atoms with Gasteiger partial charge in [-0.25, -0.2) is 0 Å². The zero-order valence-electron chi connectivity index (χ0n) is 8.24. The van der Waals surface area contributed by atoms with Crippen molar-refractivity contribution >= 4 is 5.91 Å². The Morgan fingerprint density at radius 1 is 1.29 bits per heavy atom. The highest BCUT2D eigenvalue weighted by atomic mass is 19.4. The first-order valence-electron chi connectivity index (χ1n) is 4.36. The van der Waals surface area contributed by atoms with Gasteiger partial charge >= 0.3 is 12.1 Å². The van der Waals surface area contributed by atoms with Crippen molar-refractivity contribution in [2.45, 2.75) is 24.8 Å². The Hall–Kier alpha value is -2.12. The summed E-state index contributed by atoms with van der Waals surface area (Å²) in [7, 11) is 0. The van der Waals surface area contributed by atoms with E-state index in [9.17, 15) is 18.0 Å². The van der Waals surface area contributed by atoms with E-state index < -0.39 is 30.8 Å². The molecule has 0 saturated carbocycles. The third-order valence-corrected chi connectivity index (χ3v) is 2.15. The van der Waals surface area contributed by atoms with E-state index in [0.717, 1.165) is 0 Å². The number of rotatable bonds is 2. The van der Waals surface area contributed by atoms with Gasteiger partial charge in [-0.2, -0.15) is 13.2 Å². The predicted molar refractivity (Wildman–Crippen MR) is 48.3 cm³/mol. The third-order valence-electron chi connectivity index (χ3n) is 2.15. The van der Waals surface area contributed by atoms with Crippen LogP contribution in [0.1, 0.15) is 6.42 Å². The molecule has 0 spiro atoms. The lowest BCUT2D eigenvalue weighted by molar-refractivity contribution is -0.186. The van der Waals surface area contributed by atoms with Gasteiger partial charge in [-0.15, -0.1) is 0 Å². The molecule has 92 valence electrons. The van der Waals surface area contributed by atoms with Gasteiger partial charge in [0.1, 0.15) is 6.17 Å². The van der Waals surface area contributed by atoms with Gasteiger partial charge in [0.25, 0.3) is 0 Å². The standard InChI is InChI=1S/C6H6F3N7O/c7-6(8,9)5(17)16-2-3(12-14-10)1-4(16)13-15-11/h3-4H,1-2H2/t3-,4-/m0/s1. The first-order valence-corrected chi connectivity index (χ1v) is 4.36. The number of halogens is 3. The maximum Gasteiger partial charge on any atom is 0.471 e. The van der Waals surface area contributed by atoms with Gasteiger partial charge in [0.05, 0.1) is 6.04 Å². The molecule has 1 heterocycles. The van der Waals surface area contributed by atoms with E-state index in [1.807, 2.05) is 0 Å². The molecule has 0 radical (unpaired) electrons. The summed E-state index contributed by atoms with van der Waals surface area (Å²) >= 11 is 0. The fourth-order valence-electron chi connectivity index (χ4n) is 1.50. The molecule has 1 rings (SSSR count). The lowest BCUT2D eigenvalue weighted by Gasteiger charge is -2.21. The minimum atomic E-state index is -5.05. The van der Waals surface area contributed by atoms with Crippen LogP contribution >= 0.6 is 0 Å². The molecule has 0 bridgehead atoms. The monoisotopic (exact) mass is 249 g/mol. The summed E-state index contributed by atoms with van der Waals surface area (Å²) in [5, 5.41) is 6.28. The highest BCUT2D eigenvalue weighted by molar-refractivity contribution is 5.82. The molecule has 1 fully saturated rings. The molecule has 2 atom stereocenters. The Kier molecular flexibility index (Phi) is 3.66. The van der Waals surface area contributed by atoms with Crippen LogP contribution in [0.25, 0.3) is 20.9 Å². The largest absolute Gasteiger partial charge is 0.471 e. The van der Waals surface area contributed by atoms with Crippen molar-refractivity contribution in [3.8, 4) is 0 Å². The molecule has 0 aromatic carbocycles. The number of azide groups is 2. The van der Waals surface area contributed by atoms with Crippen LogP contribution < -0.4 is 0 Å². The van der Waals surface area contributed by atoms with E-state index in [0.29, 0.717) is 4.90 Å². The normalized spacial score (nSPS) is 23.8. The fraction of sp³-hybridized carbons (Fsp3) is 0.833. The highest BCUT2D eigenvalue weighted by Crippen LogP contribution is 2.27. The van der Waals surface area contributed by atoms with Crippen LogP contribution in [0.4, 0.5) is 13.2 Å². The molecule has 8 nitrogen and oxygen atoms in total. The summed E-state index contributed by atoms with van der Waals surface area (Å²) in [6.07, 6.45) is -6.44. The van der Waals surface area contributed by atoms with Crippen molar-refractivity contribution in [2.24, 2.45) is 10.2 Å². The van der Waals surface area contributed by atoms with Crippen molar-refractivity contribution in [3.63, 3.8) is 0 Å². The molecule has 1 aliphatic heterocycles. The number of likely N-dealkylation sites (tertiary alicyclic amines) is 1. The first kappa shape index (κ1) is 12.9. The maximum atomic E-state index is 12.2. The van der Waals surface area contributed by atoms with Gasteiger partial charge < -0.3 is 4.90 Å². The Labute approximate surface area is 92.2 Å². The first-order chi connectivity index (χ1) is 7.90. The van der Waals surface area contributed by atoms with Crippen LogP contribution in [0.15, 0.2) is 10.2 Å². The second-order valence-electron chi connectivity index (χ2n) is 3.24. The molecule has 17 heavy (non-hydrogen) atoms. The molecule has 0 aromatic rings. The summed E-state index contributed by atoms with van der Waals surface area (Å²) in [5.41, 5.74) is 16.3. The van der Waals surface area contributed by atoms with Crippen molar-refractivity contribution in [1.29, 1.82) is 0 Å². The van der Waals surface area contributed by atoms with E-state index in [2.05, 4.69) is 20.1 Å². The molecular weight excluding hydrogens is 243 g/mol. The van der Waals surface area contributed by atoms with Crippen molar-refractivity contribution < 1.29 is 18.0 Å². The van der Waals surface area contributed by atoms with Gasteiger partial charge in [0.2, 0.25) is 0 Å². The van der Waals surface area contributed by atoms with Crippen LogP contribution in [0.5, 0.6) is 0 Å². The van der Waals surface area contributed by atoms with Gasteiger partial charge in [-0.3, -0.25) is 4.79 Å². The average molecular weight is 249 g/mol. The van der Waals surface area contributed by atoms with E-state index >= 15 is 0 Å². The average Bonchev–Trinajstić information content (AvgIpc) is 2.60. The summed E-state index contributed by atoms with van der Waals surface area (Å²) in [6, 6.07) is -0.818. The molecule has 0 N–H and O–H groups in total. The highest BCUT2D eigenvalue weighted by Gasteiger charge is 2.47. The molecule has 0 aromatic heterocycles. The van der Waals surface area contributed by atoms with Crippen LogP contribution in [-0.2, 0) is 4.79 Å². The minimum absolute atomic E-state index is 0.115. The maximum absolute atomic E-state index is 12.2. The van der Waals surface area contributed by atoms with Gasteiger partial charge in [-0.1, -0.05) is 10.2 Å². The molecule has 1 amide bonds. The van der Waals surface area contributed by atoms with Crippen LogP contribution in [0.3, 0.4) is 0 Å². The Balaban J connectivity index is 2.92. The predicted octanol–water partition coefficient (Wildman–Crippen LogP) is 2.10. The molecule has 11 heteroatoms. The zero-order chi connectivity index (χ0) is 13.1. The number of amides is 1. The van der Waals surface area contributed by atoms with Crippen LogP contribution in [0.2, 0.25) is 0 Å². The number of alkyl halides is 3. The van der Waals surface area contributed by atoms with E-state index in [-0.39, 0.29) is 6.42 Å². The van der Waals surface area contributed by atoms with E-state index in [1.165, 1.54) is 0 Å². The number of carbonyl (C=O) groups excluding carboxylic acids is 1. The van der Waals surface area contributed by atoms with Gasteiger partial charge in [-0.05, 0) is 17.5 Å². The van der Waals surface area contributed by atoms with Crippen molar-refractivity contribution in [2.75, 3.05) is 6.54 Å². The van der Waals surface area contributed by atoms with Crippen molar-refractivity contribution in [3.05, 3.63) is 20.9 Å². The lowest BCUT2D eigenvalue weighted by atomic mass is 10.2. The molecular formula is C6H6F3N7O. The number of nitrogens with zero attached hydrogens (tertiary/aromatic N) is 7. The second kappa shape index (κ2) is 4.81. The Bertz CT molecular complexity index is 408. The number of carbonyl (C=O) groups is 1. The molecule has 1 aliphatic rings. The minimum Gasteiger partial charge on any atom is -0.326 e. The fourth-order valence-corrected chi connectivity index (χ4v) is 1.50. The summed E-state index contributed by atoms with van der Waals surface area (Å²) in [4.78, 5) is 16.1. The van der Waals surface area contributed by atoms with E-state index in [4.69, 9.17) is 11.1 Å². The number of hydrogen-bond acceptors (Lipinski definition) is 3. The van der Waals surface area contributed by atoms with Gasteiger partial charge in [0.15, 0.2) is 0 Å². The third kappa shape index (κ3) is 2.92.